The summed E-state index contributed by atoms with van der Waals surface area (Å²) in [6.45, 7) is 2.23. The molecule has 1 aliphatic rings. The molecule has 1 fully saturated rings. The van der Waals surface area contributed by atoms with E-state index in [1.165, 1.54) is 24.8 Å². The molecule has 1 N–H and O–H groups in total. The minimum Gasteiger partial charge on any atom is -0.306 e. The normalized spacial score (nSPS) is 18.0. The van der Waals surface area contributed by atoms with Crippen LogP contribution in [0.15, 0.2) is 30.3 Å². The van der Waals surface area contributed by atoms with Gasteiger partial charge in [-0.2, -0.15) is 5.26 Å². The zero-order valence-electron chi connectivity index (χ0n) is 11.1. The summed E-state index contributed by atoms with van der Waals surface area (Å²) in [5.41, 5.74) is 1.23. The molecule has 1 aliphatic carbocycles. The fourth-order valence-corrected chi connectivity index (χ4v) is 2.44. The maximum atomic E-state index is 8.99. The summed E-state index contributed by atoms with van der Waals surface area (Å²) in [5.74, 6) is 0.931. The molecule has 2 atom stereocenters. The Labute approximate surface area is 110 Å². The van der Waals surface area contributed by atoms with Crippen LogP contribution < -0.4 is 5.32 Å². The number of hydrogen-bond donors (Lipinski definition) is 1. The highest BCUT2D eigenvalue weighted by Crippen LogP contribution is 2.34. The molecule has 1 aromatic carbocycles. The van der Waals surface area contributed by atoms with Crippen molar-refractivity contribution < 1.29 is 0 Å². The first-order valence-electron chi connectivity index (χ1n) is 7.01. The summed E-state index contributed by atoms with van der Waals surface area (Å²) in [4.78, 5) is 0. The predicted octanol–water partition coefficient (Wildman–Crippen LogP) is 3.81. The third kappa shape index (κ3) is 3.85. The van der Waals surface area contributed by atoms with Crippen molar-refractivity contribution in [1.29, 1.82) is 5.26 Å². The molecule has 0 radical (unpaired) electrons. The van der Waals surface area contributed by atoms with E-state index in [9.17, 15) is 0 Å². The van der Waals surface area contributed by atoms with Crippen molar-refractivity contribution in [3.05, 3.63) is 35.9 Å². The lowest BCUT2D eigenvalue weighted by atomic mass is 10.0. The first-order chi connectivity index (χ1) is 8.83. The second kappa shape index (κ2) is 6.56. The molecule has 0 saturated heterocycles. The van der Waals surface area contributed by atoms with Gasteiger partial charge in [0.05, 0.1) is 12.5 Å². The van der Waals surface area contributed by atoms with Gasteiger partial charge in [-0.05, 0) is 24.3 Å². The van der Waals surface area contributed by atoms with Crippen LogP contribution in [0.4, 0.5) is 0 Å². The third-order valence-electron chi connectivity index (χ3n) is 3.74. The quantitative estimate of drug-likeness (QED) is 0.789. The lowest BCUT2D eigenvalue weighted by Gasteiger charge is -2.24. The molecule has 2 rings (SSSR count). The van der Waals surface area contributed by atoms with Crippen LogP contribution in [0, 0.1) is 17.2 Å². The monoisotopic (exact) mass is 242 g/mol. The minimum absolute atomic E-state index is 0.180. The van der Waals surface area contributed by atoms with E-state index in [-0.39, 0.29) is 6.04 Å². The Kier molecular flexibility index (Phi) is 4.78. The van der Waals surface area contributed by atoms with E-state index in [2.05, 4.69) is 30.4 Å². The summed E-state index contributed by atoms with van der Waals surface area (Å²) in [6, 6.07) is 13.4. The summed E-state index contributed by atoms with van der Waals surface area (Å²) in [5, 5.41) is 12.7. The fourth-order valence-electron chi connectivity index (χ4n) is 2.44. The van der Waals surface area contributed by atoms with E-state index in [1.807, 2.05) is 18.2 Å². The lowest BCUT2D eigenvalue weighted by molar-refractivity contribution is 0.392. The van der Waals surface area contributed by atoms with Crippen molar-refractivity contribution in [2.75, 3.05) is 0 Å². The summed E-state index contributed by atoms with van der Waals surface area (Å²) < 4.78 is 0. The van der Waals surface area contributed by atoms with Gasteiger partial charge in [0.2, 0.25) is 0 Å². The molecule has 18 heavy (non-hydrogen) atoms. The Bertz CT molecular complexity index is 389. The molecular weight excluding hydrogens is 220 g/mol. The van der Waals surface area contributed by atoms with Crippen molar-refractivity contribution in [3.63, 3.8) is 0 Å². The van der Waals surface area contributed by atoms with Gasteiger partial charge in [0.25, 0.3) is 0 Å². The first-order valence-corrected chi connectivity index (χ1v) is 7.01. The molecule has 0 amide bonds. The fraction of sp³-hybridized carbons (Fsp3) is 0.562. The molecule has 0 aliphatic heterocycles. The average Bonchev–Trinajstić information content (AvgIpc) is 3.22. The van der Waals surface area contributed by atoms with Crippen LogP contribution in [0.5, 0.6) is 0 Å². The summed E-state index contributed by atoms with van der Waals surface area (Å²) in [7, 11) is 0. The van der Waals surface area contributed by atoms with E-state index in [4.69, 9.17) is 5.26 Å². The smallest absolute Gasteiger partial charge is 0.0641 e. The lowest BCUT2D eigenvalue weighted by Crippen LogP contribution is -2.32. The SMILES string of the molecule is CCC(CC1CC1)NC(CC#N)c1ccccc1. The number of benzene rings is 1. The number of hydrogen-bond acceptors (Lipinski definition) is 2. The topological polar surface area (TPSA) is 35.8 Å². The number of nitriles is 1. The molecule has 0 aromatic heterocycles. The molecule has 1 aromatic rings. The van der Waals surface area contributed by atoms with Crippen LogP contribution in [0.3, 0.4) is 0 Å². The molecule has 1 saturated carbocycles. The molecule has 96 valence electrons. The maximum Gasteiger partial charge on any atom is 0.0641 e. The molecule has 2 unspecified atom stereocenters. The maximum absolute atomic E-state index is 8.99. The van der Waals surface area contributed by atoms with Crippen LogP contribution in [-0.2, 0) is 0 Å². The highest BCUT2D eigenvalue weighted by Gasteiger charge is 2.26. The van der Waals surface area contributed by atoms with Gasteiger partial charge in [0.15, 0.2) is 0 Å². The Morgan fingerprint density at radius 3 is 2.61 bits per heavy atom. The van der Waals surface area contributed by atoms with Gasteiger partial charge >= 0.3 is 0 Å². The standard InChI is InChI=1S/C16H22N2/c1-2-15(12-13-8-9-13)18-16(10-11-17)14-6-4-3-5-7-14/h3-7,13,15-16,18H,2,8-10,12H2,1H3. The molecule has 0 spiro atoms. The van der Waals surface area contributed by atoms with E-state index < -0.39 is 0 Å². The minimum atomic E-state index is 0.180. The highest BCUT2D eigenvalue weighted by atomic mass is 14.9. The van der Waals surface area contributed by atoms with Crippen molar-refractivity contribution in [2.24, 2.45) is 5.92 Å². The van der Waals surface area contributed by atoms with E-state index in [1.54, 1.807) is 0 Å². The van der Waals surface area contributed by atoms with Gasteiger partial charge in [-0.15, -0.1) is 0 Å². The Balaban J connectivity index is 1.98. The van der Waals surface area contributed by atoms with Crippen LogP contribution in [0.1, 0.15) is 50.6 Å². The van der Waals surface area contributed by atoms with Crippen LogP contribution in [-0.4, -0.2) is 6.04 Å². The zero-order valence-corrected chi connectivity index (χ0v) is 11.1. The largest absolute Gasteiger partial charge is 0.306 e. The van der Waals surface area contributed by atoms with Crippen molar-refractivity contribution in [1.82, 2.24) is 5.32 Å². The van der Waals surface area contributed by atoms with Gasteiger partial charge in [0.1, 0.15) is 0 Å². The molecular formula is C16H22N2. The first kappa shape index (κ1) is 13.1. The Morgan fingerprint density at radius 2 is 2.06 bits per heavy atom. The van der Waals surface area contributed by atoms with Crippen LogP contribution in [0.25, 0.3) is 0 Å². The van der Waals surface area contributed by atoms with E-state index in [0.29, 0.717) is 12.5 Å². The van der Waals surface area contributed by atoms with Gasteiger partial charge in [0, 0.05) is 12.1 Å². The predicted molar refractivity (Wildman–Crippen MR) is 74.0 cm³/mol. The number of nitrogens with one attached hydrogen (secondary N) is 1. The Hall–Kier alpha value is -1.33. The summed E-state index contributed by atoms with van der Waals surface area (Å²) >= 11 is 0. The van der Waals surface area contributed by atoms with E-state index >= 15 is 0 Å². The molecule has 2 nitrogen and oxygen atoms in total. The average molecular weight is 242 g/mol. The van der Waals surface area contributed by atoms with Crippen molar-refractivity contribution in [3.8, 4) is 6.07 Å². The van der Waals surface area contributed by atoms with Gasteiger partial charge in [-0.25, -0.2) is 0 Å². The number of rotatable bonds is 7. The van der Waals surface area contributed by atoms with Crippen LogP contribution >= 0.6 is 0 Å². The molecule has 0 bridgehead atoms. The second-order valence-electron chi connectivity index (χ2n) is 5.28. The second-order valence-corrected chi connectivity index (χ2v) is 5.28. The Morgan fingerprint density at radius 1 is 1.33 bits per heavy atom. The van der Waals surface area contributed by atoms with Crippen molar-refractivity contribution >= 4 is 0 Å². The molecule has 2 heteroatoms. The van der Waals surface area contributed by atoms with Crippen LogP contribution in [0.2, 0.25) is 0 Å². The van der Waals surface area contributed by atoms with Gasteiger partial charge in [-0.3, -0.25) is 0 Å². The zero-order chi connectivity index (χ0) is 12.8. The summed E-state index contributed by atoms with van der Waals surface area (Å²) in [6.07, 6.45) is 5.75. The molecule has 0 heterocycles. The third-order valence-corrected chi connectivity index (χ3v) is 3.74. The number of nitrogens with zero attached hydrogens (tertiary/aromatic N) is 1. The highest BCUT2D eigenvalue weighted by molar-refractivity contribution is 5.20. The van der Waals surface area contributed by atoms with Gasteiger partial charge < -0.3 is 5.32 Å². The van der Waals surface area contributed by atoms with Crippen molar-refractivity contribution in [2.45, 2.75) is 51.1 Å². The van der Waals surface area contributed by atoms with Gasteiger partial charge in [-0.1, -0.05) is 50.1 Å². The van der Waals surface area contributed by atoms with E-state index in [0.717, 1.165) is 12.3 Å².